The number of pyridine rings is 1. The van der Waals surface area contributed by atoms with Gasteiger partial charge in [-0.15, -0.1) is 11.3 Å². The Balaban J connectivity index is 2.22. The summed E-state index contributed by atoms with van der Waals surface area (Å²) < 4.78 is 0. The summed E-state index contributed by atoms with van der Waals surface area (Å²) in [6.07, 6.45) is 0. The van der Waals surface area contributed by atoms with Crippen LogP contribution in [0.25, 0.3) is 0 Å². The predicted molar refractivity (Wildman–Crippen MR) is 84.8 cm³/mol. The highest BCUT2D eigenvalue weighted by atomic mass is 35.5. The second-order valence-corrected chi connectivity index (χ2v) is 5.85. The van der Waals surface area contributed by atoms with Crippen molar-refractivity contribution >= 4 is 46.2 Å². The van der Waals surface area contributed by atoms with Crippen molar-refractivity contribution in [2.24, 2.45) is 0 Å². The van der Waals surface area contributed by atoms with E-state index in [-0.39, 0.29) is 6.04 Å². The van der Waals surface area contributed by atoms with E-state index in [1.165, 1.54) is 4.88 Å². The van der Waals surface area contributed by atoms with Crippen LogP contribution in [0.1, 0.15) is 24.8 Å². The van der Waals surface area contributed by atoms with Gasteiger partial charge >= 0.3 is 0 Å². The third kappa shape index (κ3) is 3.53. The van der Waals surface area contributed by atoms with Crippen molar-refractivity contribution in [2.45, 2.75) is 19.9 Å². The van der Waals surface area contributed by atoms with Gasteiger partial charge in [-0.2, -0.15) is 0 Å². The van der Waals surface area contributed by atoms with Crippen LogP contribution in [-0.4, -0.2) is 11.5 Å². The van der Waals surface area contributed by atoms with Crippen molar-refractivity contribution in [3.63, 3.8) is 0 Å². The normalized spacial score (nSPS) is 12.2. The van der Waals surface area contributed by atoms with Gasteiger partial charge in [-0.25, -0.2) is 4.98 Å². The number of thiophene rings is 1. The third-order valence-corrected chi connectivity index (χ3v) is 4.23. The monoisotopic (exact) mass is 315 g/mol. The minimum Gasteiger partial charge on any atom is -0.369 e. The Morgan fingerprint density at radius 3 is 2.68 bits per heavy atom. The van der Waals surface area contributed by atoms with E-state index in [4.69, 9.17) is 23.2 Å². The fraction of sp³-hybridized carbons (Fsp3) is 0.308. The average Bonchev–Trinajstić information content (AvgIpc) is 2.89. The van der Waals surface area contributed by atoms with Crippen LogP contribution in [0.5, 0.6) is 0 Å². The van der Waals surface area contributed by atoms with Crippen LogP contribution in [0.2, 0.25) is 10.0 Å². The molecule has 2 heterocycles. The second kappa shape index (κ2) is 6.46. The van der Waals surface area contributed by atoms with Crippen LogP contribution in [0.15, 0.2) is 23.6 Å². The largest absolute Gasteiger partial charge is 0.369 e. The summed E-state index contributed by atoms with van der Waals surface area (Å²) in [6.45, 7) is 4.83. The average molecular weight is 316 g/mol. The van der Waals surface area contributed by atoms with Gasteiger partial charge in [-0.1, -0.05) is 29.3 Å². The van der Waals surface area contributed by atoms with Crippen molar-refractivity contribution in [3.8, 4) is 0 Å². The number of nitrogens with zero attached hydrogens (tertiary/aromatic N) is 1. The fourth-order valence-corrected chi connectivity index (χ4v) is 2.89. The first-order chi connectivity index (χ1) is 9.11. The Bertz CT molecular complexity index is 543. The van der Waals surface area contributed by atoms with Crippen molar-refractivity contribution in [1.82, 2.24) is 4.98 Å². The first kappa shape index (κ1) is 14.4. The van der Waals surface area contributed by atoms with Gasteiger partial charge < -0.3 is 10.6 Å². The van der Waals surface area contributed by atoms with Crippen molar-refractivity contribution in [1.29, 1.82) is 0 Å². The maximum atomic E-state index is 6.17. The molecule has 1 unspecified atom stereocenters. The molecule has 102 valence electrons. The summed E-state index contributed by atoms with van der Waals surface area (Å²) in [6, 6.07) is 5.97. The number of hydrogen-bond acceptors (Lipinski definition) is 4. The van der Waals surface area contributed by atoms with Crippen LogP contribution in [-0.2, 0) is 0 Å². The van der Waals surface area contributed by atoms with Crippen molar-refractivity contribution < 1.29 is 0 Å². The van der Waals surface area contributed by atoms with Crippen LogP contribution in [0.3, 0.4) is 0 Å². The predicted octanol–water partition coefficient (Wildman–Crippen LogP) is 5.05. The molecule has 2 rings (SSSR count). The molecule has 0 radical (unpaired) electrons. The second-order valence-electron chi connectivity index (χ2n) is 4.06. The van der Waals surface area contributed by atoms with E-state index in [1.54, 1.807) is 17.4 Å². The standard InChI is InChI=1S/C13H15Cl2N3S/c1-3-16-12-9(14)7-10(15)13(18-12)17-8(2)11-5-4-6-19-11/h4-8H,3H2,1-2H3,(H2,16,17,18). The highest BCUT2D eigenvalue weighted by Crippen LogP contribution is 2.31. The SMILES string of the molecule is CCNc1nc(NC(C)c2cccs2)c(Cl)cc1Cl. The Morgan fingerprint density at radius 2 is 2.05 bits per heavy atom. The molecule has 0 saturated heterocycles. The van der Waals surface area contributed by atoms with E-state index < -0.39 is 0 Å². The molecule has 0 spiro atoms. The van der Waals surface area contributed by atoms with Gasteiger partial charge in [-0.3, -0.25) is 0 Å². The van der Waals surface area contributed by atoms with Gasteiger partial charge in [-0.05, 0) is 31.4 Å². The van der Waals surface area contributed by atoms with Gasteiger partial charge in [0.05, 0.1) is 16.1 Å². The van der Waals surface area contributed by atoms with Gasteiger partial charge in [0.25, 0.3) is 0 Å². The molecule has 19 heavy (non-hydrogen) atoms. The molecule has 0 aliphatic heterocycles. The lowest BCUT2D eigenvalue weighted by Crippen LogP contribution is -2.09. The summed E-state index contributed by atoms with van der Waals surface area (Å²) in [5.41, 5.74) is 0. The fourth-order valence-electron chi connectivity index (χ4n) is 1.67. The first-order valence-corrected chi connectivity index (χ1v) is 7.65. The number of nitrogens with one attached hydrogen (secondary N) is 2. The minimum absolute atomic E-state index is 0.153. The lowest BCUT2D eigenvalue weighted by Gasteiger charge is -2.16. The minimum atomic E-state index is 0.153. The maximum Gasteiger partial charge on any atom is 0.147 e. The number of aromatic nitrogens is 1. The molecule has 2 aromatic rings. The van der Waals surface area contributed by atoms with E-state index >= 15 is 0 Å². The lowest BCUT2D eigenvalue weighted by molar-refractivity contribution is 0.896. The summed E-state index contributed by atoms with van der Waals surface area (Å²) >= 11 is 14.0. The molecule has 0 saturated carbocycles. The zero-order valence-corrected chi connectivity index (χ0v) is 13.0. The molecule has 0 fully saturated rings. The molecule has 6 heteroatoms. The first-order valence-electron chi connectivity index (χ1n) is 6.01. The van der Waals surface area contributed by atoms with E-state index in [0.29, 0.717) is 21.7 Å². The maximum absolute atomic E-state index is 6.17. The molecular weight excluding hydrogens is 301 g/mol. The van der Waals surface area contributed by atoms with Gasteiger partial charge in [0.2, 0.25) is 0 Å². The number of hydrogen-bond donors (Lipinski definition) is 2. The summed E-state index contributed by atoms with van der Waals surface area (Å²) in [7, 11) is 0. The zero-order valence-electron chi connectivity index (χ0n) is 10.7. The lowest BCUT2D eigenvalue weighted by atomic mass is 10.2. The summed E-state index contributed by atoms with van der Waals surface area (Å²) in [4.78, 5) is 5.66. The van der Waals surface area contributed by atoms with Crippen LogP contribution in [0, 0.1) is 0 Å². The van der Waals surface area contributed by atoms with Gasteiger partial charge in [0, 0.05) is 11.4 Å². The highest BCUT2D eigenvalue weighted by molar-refractivity contribution is 7.10. The molecule has 1 atom stereocenters. The number of rotatable bonds is 5. The molecule has 0 amide bonds. The molecule has 3 nitrogen and oxygen atoms in total. The highest BCUT2D eigenvalue weighted by Gasteiger charge is 2.12. The molecule has 0 aliphatic rings. The van der Waals surface area contributed by atoms with Crippen LogP contribution >= 0.6 is 34.5 Å². The third-order valence-electron chi connectivity index (χ3n) is 2.60. The number of halogens is 2. The van der Waals surface area contributed by atoms with Crippen LogP contribution in [0.4, 0.5) is 11.6 Å². The molecule has 0 aromatic carbocycles. The topological polar surface area (TPSA) is 37.0 Å². The molecule has 0 bridgehead atoms. The molecular formula is C13H15Cl2N3S. The van der Waals surface area contributed by atoms with Crippen molar-refractivity contribution in [3.05, 3.63) is 38.5 Å². The van der Waals surface area contributed by atoms with E-state index in [2.05, 4.69) is 34.0 Å². The van der Waals surface area contributed by atoms with Gasteiger partial charge in [0.1, 0.15) is 11.6 Å². The van der Waals surface area contributed by atoms with E-state index in [9.17, 15) is 0 Å². The zero-order chi connectivity index (χ0) is 13.8. The summed E-state index contributed by atoms with van der Waals surface area (Å²) in [5.74, 6) is 1.29. The Morgan fingerprint density at radius 1 is 1.32 bits per heavy atom. The number of anilines is 2. The summed E-state index contributed by atoms with van der Waals surface area (Å²) in [5, 5.41) is 9.52. The molecule has 2 aromatic heterocycles. The van der Waals surface area contributed by atoms with Crippen LogP contribution < -0.4 is 10.6 Å². The smallest absolute Gasteiger partial charge is 0.147 e. The Kier molecular flexibility index (Phi) is 4.91. The molecule has 2 N–H and O–H groups in total. The molecule has 0 aliphatic carbocycles. The van der Waals surface area contributed by atoms with E-state index in [0.717, 1.165) is 6.54 Å². The van der Waals surface area contributed by atoms with Gasteiger partial charge in [0.15, 0.2) is 0 Å². The Hall–Kier alpha value is -0.970. The van der Waals surface area contributed by atoms with E-state index in [1.807, 2.05) is 13.0 Å². The van der Waals surface area contributed by atoms with Crippen molar-refractivity contribution in [2.75, 3.05) is 17.2 Å². The quantitative estimate of drug-likeness (QED) is 0.810. The Labute approximate surface area is 127 Å².